The Morgan fingerprint density at radius 1 is 0.744 bits per heavy atom. The SMILES string of the molecule is COc1ccc(-c2ccc(S(=O)(=O)N(Cc3ccccc3)C(C(=O)O)C(Sc3ccccc3)c3ccccc3)cc2)cc1. The molecule has 2 atom stereocenters. The van der Waals surface area contributed by atoms with E-state index in [1.807, 2.05) is 103 Å². The Morgan fingerprint density at radius 3 is 1.79 bits per heavy atom. The normalized spacial score (nSPS) is 12.9. The van der Waals surface area contributed by atoms with E-state index in [0.29, 0.717) is 11.1 Å². The van der Waals surface area contributed by atoms with E-state index in [1.165, 1.54) is 23.9 Å². The van der Waals surface area contributed by atoms with Gasteiger partial charge in [0, 0.05) is 11.4 Å². The van der Waals surface area contributed by atoms with Crippen LogP contribution in [0.25, 0.3) is 11.1 Å². The van der Waals surface area contributed by atoms with Gasteiger partial charge < -0.3 is 9.84 Å². The van der Waals surface area contributed by atoms with E-state index in [1.54, 1.807) is 31.4 Å². The van der Waals surface area contributed by atoms with Crippen LogP contribution in [0.15, 0.2) is 149 Å². The molecule has 6 nitrogen and oxygen atoms in total. The molecule has 43 heavy (non-hydrogen) atoms. The highest BCUT2D eigenvalue weighted by Gasteiger charge is 2.42. The van der Waals surface area contributed by atoms with E-state index in [9.17, 15) is 18.3 Å². The van der Waals surface area contributed by atoms with Crippen molar-refractivity contribution in [2.24, 2.45) is 0 Å². The van der Waals surface area contributed by atoms with Crippen LogP contribution in [-0.4, -0.2) is 37.0 Å². The van der Waals surface area contributed by atoms with Gasteiger partial charge in [-0.15, -0.1) is 11.8 Å². The minimum Gasteiger partial charge on any atom is -0.497 e. The summed E-state index contributed by atoms with van der Waals surface area (Å²) >= 11 is 1.33. The Hall–Kier alpha value is -4.37. The van der Waals surface area contributed by atoms with Gasteiger partial charge in [-0.3, -0.25) is 4.79 Å². The van der Waals surface area contributed by atoms with Crippen LogP contribution < -0.4 is 4.74 Å². The van der Waals surface area contributed by atoms with E-state index < -0.39 is 27.3 Å². The number of thioether (sulfide) groups is 1. The fourth-order valence-corrected chi connectivity index (χ4v) is 7.79. The third-order valence-electron chi connectivity index (χ3n) is 7.05. The summed E-state index contributed by atoms with van der Waals surface area (Å²) < 4.78 is 35.2. The first-order valence-electron chi connectivity index (χ1n) is 13.7. The molecule has 0 aliphatic heterocycles. The van der Waals surface area contributed by atoms with Gasteiger partial charge in [-0.25, -0.2) is 8.42 Å². The predicted molar refractivity (Wildman–Crippen MR) is 171 cm³/mol. The summed E-state index contributed by atoms with van der Waals surface area (Å²) in [4.78, 5) is 14.0. The highest BCUT2D eigenvalue weighted by molar-refractivity contribution is 7.99. The zero-order valence-electron chi connectivity index (χ0n) is 23.5. The van der Waals surface area contributed by atoms with Gasteiger partial charge in [0.2, 0.25) is 10.0 Å². The topological polar surface area (TPSA) is 83.9 Å². The molecular formula is C35H31NO5S2. The number of hydrogen-bond acceptors (Lipinski definition) is 5. The lowest BCUT2D eigenvalue weighted by Gasteiger charge is -2.34. The van der Waals surface area contributed by atoms with Gasteiger partial charge in [0.05, 0.1) is 17.3 Å². The molecule has 0 amide bonds. The van der Waals surface area contributed by atoms with Crippen LogP contribution >= 0.6 is 11.8 Å². The molecule has 0 aliphatic rings. The van der Waals surface area contributed by atoms with Crippen molar-refractivity contribution in [3.63, 3.8) is 0 Å². The molecular weight excluding hydrogens is 579 g/mol. The van der Waals surface area contributed by atoms with E-state index in [-0.39, 0.29) is 11.4 Å². The first kappa shape index (κ1) is 30.1. The second-order valence-corrected chi connectivity index (χ2v) is 12.9. The molecule has 2 unspecified atom stereocenters. The summed E-state index contributed by atoms with van der Waals surface area (Å²) in [5.41, 5.74) is 3.13. The number of benzene rings is 5. The third-order valence-corrected chi connectivity index (χ3v) is 10.2. The van der Waals surface area contributed by atoms with Crippen molar-refractivity contribution in [3.05, 3.63) is 151 Å². The van der Waals surface area contributed by atoms with Crippen molar-refractivity contribution < 1.29 is 23.1 Å². The fourth-order valence-electron chi connectivity index (χ4n) is 4.84. The second kappa shape index (κ2) is 13.7. The zero-order valence-corrected chi connectivity index (χ0v) is 25.1. The van der Waals surface area contributed by atoms with E-state index in [2.05, 4.69) is 0 Å². The van der Waals surface area contributed by atoms with E-state index in [0.717, 1.165) is 26.1 Å². The van der Waals surface area contributed by atoms with Crippen molar-refractivity contribution in [1.82, 2.24) is 4.31 Å². The monoisotopic (exact) mass is 609 g/mol. The van der Waals surface area contributed by atoms with Crippen LogP contribution in [0.4, 0.5) is 0 Å². The zero-order chi connectivity index (χ0) is 30.2. The maximum absolute atomic E-state index is 14.4. The summed E-state index contributed by atoms with van der Waals surface area (Å²) in [6.45, 7) is -0.112. The number of carboxylic acid groups (broad SMARTS) is 1. The summed E-state index contributed by atoms with van der Waals surface area (Å²) in [5.74, 6) is -0.507. The number of carboxylic acids is 1. The molecule has 5 aromatic carbocycles. The molecule has 5 rings (SSSR count). The quantitative estimate of drug-likeness (QED) is 0.147. The molecule has 1 N–H and O–H groups in total. The van der Waals surface area contributed by atoms with Gasteiger partial charge in [-0.05, 0) is 58.7 Å². The Bertz CT molecular complexity index is 1730. The van der Waals surface area contributed by atoms with Gasteiger partial charge in [0.25, 0.3) is 0 Å². The standard InChI is InChI=1S/C35H31NO5S2/c1-41-30-21-17-27(18-22-30)28-19-23-32(24-20-28)43(39,40)36(25-26-11-5-2-6-12-26)33(35(37)38)34(29-13-7-3-8-14-29)42-31-15-9-4-10-16-31/h2-24,33-34H,25H2,1H3,(H,37,38). The molecule has 0 spiro atoms. The molecule has 0 saturated heterocycles. The Labute approximate surface area is 256 Å². The van der Waals surface area contributed by atoms with Crippen molar-refractivity contribution in [2.45, 2.75) is 27.6 Å². The minimum atomic E-state index is -4.28. The Morgan fingerprint density at radius 2 is 1.26 bits per heavy atom. The lowest BCUT2D eigenvalue weighted by molar-refractivity contribution is -0.141. The Kier molecular flexibility index (Phi) is 9.61. The molecule has 0 heterocycles. The van der Waals surface area contributed by atoms with Crippen molar-refractivity contribution >= 4 is 27.8 Å². The van der Waals surface area contributed by atoms with Crippen molar-refractivity contribution in [2.75, 3.05) is 7.11 Å². The van der Waals surface area contributed by atoms with E-state index >= 15 is 0 Å². The number of methoxy groups -OCH3 is 1. The molecule has 0 saturated carbocycles. The average Bonchev–Trinajstić information content (AvgIpc) is 3.05. The van der Waals surface area contributed by atoms with Crippen LogP contribution in [0, 0.1) is 0 Å². The van der Waals surface area contributed by atoms with Crippen LogP contribution in [-0.2, 0) is 21.4 Å². The fraction of sp³-hybridized carbons (Fsp3) is 0.114. The lowest BCUT2D eigenvalue weighted by Crippen LogP contribution is -2.47. The summed E-state index contributed by atoms with van der Waals surface area (Å²) in [5, 5.41) is 10.0. The maximum atomic E-state index is 14.4. The first-order valence-corrected chi connectivity index (χ1v) is 16.0. The summed E-state index contributed by atoms with van der Waals surface area (Å²) in [7, 11) is -2.68. The molecule has 8 heteroatoms. The average molecular weight is 610 g/mol. The van der Waals surface area contributed by atoms with Gasteiger partial charge in [-0.2, -0.15) is 4.31 Å². The molecule has 0 aliphatic carbocycles. The van der Waals surface area contributed by atoms with Gasteiger partial charge in [0.15, 0.2) is 0 Å². The minimum absolute atomic E-state index is 0.0171. The third kappa shape index (κ3) is 7.17. The van der Waals surface area contributed by atoms with Gasteiger partial charge in [-0.1, -0.05) is 103 Å². The second-order valence-electron chi connectivity index (χ2n) is 9.83. The summed E-state index contributed by atoms with van der Waals surface area (Å²) in [6.07, 6.45) is 0. The predicted octanol–water partition coefficient (Wildman–Crippen LogP) is 7.54. The number of aliphatic carboxylic acids is 1. The number of nitrogens with zero attached hydrogens (tertiary/aromatic N) is 1. The molecule has 218 valence electrons. The smallest absolute Gasteiger partial charge is 0.323 e. The van der Waals surface area contributed by atoms with Crippen LogP contribution in [0.2, 0.25) is 0 Å². The maximum Gasteiger partial charge on any atom is 0.323 e. The summed E-state index contributed by atoms with van der Waals surface area (Å²) in [6, 6.07) is 40.3. The Balaban J connectivity index is 1.59. The van der Waals surface area contributed by atoms with Crippen LogP contribution in [0.5, 0.6) is 5.75 Å². The first-order chi connectivity index (χ1) is 20.9. The van der Waals surface area contributed by atoms with Gasteiger partial charge >= 0.3 is 5.97 Å². The van der Waals surface area contributed by atoms with Crippen molar-refractivity contribution in [3.8, 4) is 16.9 Å². The van der Waals surface area contributed by atoms with Crippen LogP contribution in [0.1, 0.15) is 16.4 Å². The number of rotatable bonds is 12. The number of carbonyl (C=O) groups is 1. The molecule has 0 radical (unpaired) electrons. The lowest BCUT2D eigenvalue weighted by atomic mass is 10.0. The number of ether oxygens (including phenoxy) is 1. The molecule has 0 bridgehead atoms. The molecule has 0 fully saturated rings. The highest BCUT2D eigenvalue weighted by atomic mass is 32.2. The largest absolute Gasteiger partial charge is 0.497 e. The van der Waals surface area contributed by atoms with Crippen molar-refractivity contribution in [1.29, 1.82) is 0 Å². The highest BCUT2D eigenvalue weighted by Crippen LogP contribution is 2.42. The number of sulfonamides is 1. The molecule has 0 aromatic heterocycles. The number of hydrogen-bond donors (Lipinski definition) is 1. The van der Waals surface area contributed by atoms with E-state index in [4.69, 9.17) is 4.74 Å². The molecule has 5 aromatic rings. The van der Waals surface area contributed by atoms with Crippen LogP contribution in [0.3, 0.4) is 0 Å². The van der Waals surface area contributed by atoms with Gasteiger partial charge in [0.1, 0.15) is 11.8 Å².